The van der Waals surface area contributed by atoms with Crippen LogP contribution in [0.2, 0.25) is 0 Å². The molecular formula is C20H20N4O4. The van der Waals surface area contributed by atoms with E-state index in [-0.39, 0.29) is 11.1 Å². The first kappa shape index (κ1) is 19.1. The van der Waals surface area contributed by atoms with Gasteiger partial charge in [-0.05, 0) is 35.4 Å². The lowest BCUT2D eigenvalue weighted by Crippen LogP contribution is -2.41. The van der Waals surface area contributed by atoms with Gasteiger partial charge < -0.3 is 10.2 Å². The molecule has 0 radical (unpaired) electrons. The van der Waals surface area contributed by atoms with E-state index in [9.17, 15) is 9.59 Å². The lowest BCUT2D eigenvalue weighted by atomic mass is 10.1. The Balaban J connectivity index is 1.48. The van der Waals surface area contributed by atoms with E-state index < -0.39 is 11.9 Å². The van der Waals surface area contributed by atoms with Crippen LogP contribution in [-0.4, -0.2) is 70.8 Å². The third-order valence-electron chi connectivity index (χ3n) is 4.29. The Kier molecular flexibility index (Phi) is 6.01. The van der Waals surface area contributed by atoms with Crippen molar-refractivity contribution < 1.29 is 19.8 Å². The van der Waals surface area contributed by atoms with Gasteiger partial charge in [0.05, 0.1) is 49.7 Å². The number of carbonyl (C=O) groups is 2. The normalized spacial score (nSPS) is 14.7. The highest BCUT2D eigenvalue weighted by Gasteiger charge is 2.13. The number of nitrogens with zero attached hydrogens (tertiary/aromatic N) is 4. The quantitative estimate of drug-likeness (QED) is 0.743. The summed E-state index contributed by atoms with van der Waals surface area (Å²) in [6.07, 6.45) is 3.43. The monoisotopic (exact) mass is 380 g/mol. The second kappa shape index (κ2) is 8.81. The second-order valence-corrected chi connectivity index (χ2v) is 6.25. The summed E-state index contributed by atoms with van der Waals surface area (Å²) in [5.74, 6) is -1.89. The zero-order valence-corrected chi connectivity index (χ0v) is 15.1. The van der Waals surface area contributed by atoms with Crippen molar-refractivity contribution in [3.63, 3.8) is 0 Å². The molecule has 144 valence electrons. The summed E-state index contributed by atoms with van der Waals surface area (Å²) in [5, 5.41) is 30.6. The lowest BCUT2D eigenvalue weighted by molar-refractivity contribution is 0.0686. The highest BCUT2D eigenvalue weighted by Crippen LogP contribution is 2.07. The molecule has 1 heterocycles. The van der Waals surface area contributed by atoms with Crippen LogP contribution in [0, 0.1) is 0 Å². The average molecular weight is 380 g/mol. The first-order valence-corrected chi connectivity index (χ1v) is 8.76. The minimum absolute atomic E-state index is 0.251. The van der Waals surface area contributed by atoms with Crippen LogP contribution in [0.5, 0.6) is 0 Å². The third kappa shape index (κ3) is 5.16. The van der Waals surface area contributed by atoms with Gasteiger partial charge in [0.15, 0.2) is 0 Å². The predicted octanol–water partition coefficient (Wildman–Crippen LogP) is 2.07. The smallest absolute Gasteiger partial charge is 0.335 e. The summed E-state index contributed by atoms with van der Waals surface area (Å²) in [7, 11) is 0. The number of hydrogen-bond acceptors (Lipinski definition) is 6. The highest BCUT2D eigenvalue weighted by atomic mass is 16.4. The van der Waals surface area contributed by atoms with Gasteiger partial charge >= 0.3 is 11.9 Å². The molecular weight excluding hydrogens is 360 g/mol. The lowest BCUT2D eigenvalue weighted by Gasteiger charge is -2.31. The molecule has 0 aromatic heterocycles. The average Bonchev–Trinajstić information content (AvgIpc) is 2.72. The van der Waals surface area contributed by atoms with Gasteiger partial charge in [0.1, 0.15) is 0 Å². The summed E-state index contributed by atoms with van der Waals surface area (Å²) >= 11 is 0. The molecule has 0 atom stereocenters. The van der Waals surface area contributed by atoms with Crippen molar-refractivity contribution in [2.24, 2.45) is 10.2 Å². The summed E-state index contributed by atoms with van der Waals surface area (Å²) in [6.45, 7) is 2.88. The Morgan fingerprint density at radius 3 is 1.29 bits per heavy atom. The first-order valence-electron chi connectivity index (χ1n) is 8.76. The van der Waals surface area contributed by atoms with E-state index in [0.717, 1.165) is 37.3 Å². The standard InChI is InChI=1S/C20H20N4O4/c25-19(26)17-5-1-15(2-6-17)13-21-23-9-11-24(12-10-23)22-14-16-3-7-18(8-4-16)20(27)28/h1-8,13-14H,9-12H2,(H,25,26)(H,27,28)/b21-13-,22-14+. The first-order chi connectivity index (χ1) is 13.5. The van der Waals surface area contributed by atoms with E-state index >= 15 is 0 Å². The van der Waals surface area contributed by atoms with Gasteiger partial charge in [0.25, 0.3) is 0 Å². The molecule has 0 aliphatic carbocycles. The fourth-order valence-corrected chi connectivity index (χ4v) is 2.64. The van der Waals surface area contributed by atoms with Crippen LogP contribution in [0.3, 0.4) is 0 Å². The summed E-state index contributed by atoms with van der Waals surface area (Å²) in [5.41, 5.74) is 2.19. The Bertz CT molecular complexity index is 808. The van der Waals surface area contributed by atoms with E-state index in [1.165, 1.54) is 0 Å². The highest BCUT2D eigenvalue weighted by molar-refractivity contribution is 5.89. The van der Waals surface area contributed by atoms with Gasteiger partial charge in [-0.2, -0.15) is 10.2 Å². The Labute approximate surface area is 162 Å². The van der Waals surface area contributed by atoms with Crippen molar-refractivity contribution >= 4 is 24.4 Å². The van der Waals surface area contributed by atoms with Gasteiger partial charge in [-0.15, -0.1) is 0 Å². The van der Waals surface area contributed by atoms with E-state index in [2.05, 4.69) is 10.2 Å². The van der Waals surface area contributed by atoms with Crippen molar-refractivity contribution in [2.45, 2.75) is 0 Å². The number of carboxylic acids is 2. The van der Waals surface area contributed by atoms with E-state index in [0.29, 0.717) is 0 Å². The number of benzene rings is 2. The van der Waals surface area contributed by atoms with Gasteiger partial charge in [-0.3, -0.25) is 10.0 Å². The number of aromatic carboxylic acids is 2. The molecule has 8 heteroatoms. The van der Waals surface area contributed by atoms with Crippen LogP contribution in [0.1, 0.15) is 31.8 Å². The molecule has 0 spiro atoms. The predicted molar refractivity (Wildman–Crippen MR) is 105 cm³/mol. The van der Waals surface area contributed by atoms with Crippen molar-refractivity contribution in [3.05, 3.63) is 70.8 Å². The van der Waals surface area contributed by atoms with Crippen molar-refractivity contribution in [1.82, 2.24) is 10.0 Å². The van der Waals surface area contributed by atoms with Crippen molar-refractivity contribution in [1.29, 1.82) is 0 Å². The van der Waals surface area contributed by atoms with Crippen molar-refractivity contribution in [3.8, 4) is 0 Å². The fraction of sp³-hybridized carbons (Fsp3) is 0.200. The maximum Gasteiger partial charge on any atom is 0.335 e. The van der Waals surface area contributed by atoms with Gasteiger partial charge in [0, 0.05) is 0 Å². The van der Waals surface area contributed by atoms with Gasteiger partial charge in [-0.25, -0.2) is 9.59 Å². The molecule has 8 nitrogen and oxygen atoms in total. The largest absolute Gasteiger partial charge is 0.478 e. The Morgan fingerprint density at radius 1 is 0.679 bits per heavy atom. The van der Waals surface area contributed by atoms with Crippen LogP contribution in [0.25, 0.3) is 0 Å². The Morgan fingerprint density at radius 2 is 1.00 bits per heavy atom. The maximum atomic E-state index is 10.9. The number of piperazine rings is 1. The zero-order chi connectivity index (χ0) is 19.9. The number of hydrogen-bond donors (Lipinski definition) is 2. The molecule has 0 bridgehead atoms. The molecule has 2 aromatic carbocycles. The molecule has 1 fully saturated rings. The maximum absolute atomic E-state index is 10.9. The molecule has 2 N–H and O–H groups in total. The minimum Gasteiger partial charge on any atom is -0.478 e. The van der Waals surface area contributed by atoms with Gasteiger partial charge in [-0.1, -0.05) is 24.3 Å². The van der Waals surface area contributed by atoms with E-state index in [1.807, 2.05) is 10.0 Å². The van der Waals surface area contributed by atoms with Crippen LogP contribution < -0.4 is 0 Å². The van der Waals surface area contributed by atoms with Crippen LogP contribution in [-0.2, 0) is 0 Å². The number of rotatable bonds is 6. The molecule has 1 saturated heterocycles. The summed E-state index contributed by atoms with van der Waals surface area (Å²) in [6, 6.07) is 13.1. The molecule has 28 heavy (non-hydrogen) atoms. The number of carboxylic acid groups (broad SMARTS) is 2. The molecule has 0 unspecified atom stereocenters. The fourth-order valence-electron chi connectivity index (χ4n) is 2.64. The van der Waals surface area contributed by atoms with Crippen LogP contribution in [0.4, 0.5) is 0 Å². The van der Waals surface area contributed by atoms with E-state index in [4.69, 9.17) is 10.2 Å². The van der Waals surface area contributed by atoms with Gasteiger partial charge in [0.2, 0.25) is 0 Å². The number of hydrazone groups is 2. The molecule has 2 aromatic rings. The molecule has 1 aliphatic rings. The molecule has 1 aliphatic heterocycles. The molecule has 0 amide bonds. The third-order valence-corrected chi connectivity index (χ3v) is 4.29. The Hall–Kier alpha value is -3.68. The molecule has 3 rings (SSSR count). The SMILES string of the molecule is O=C(O)c1ccc(/C=N\N2CCN(/N=C/c3ccc(C(=O)O)cc3)CC2)cc1. The van der Waals surface area contributed by atoms with Crippen LogP contribution in [0.15, 0.2) is 58.7 Å². The molecule has 0 saturated carbocycles. The van der Waals surface area contributed by atoms with Crippen LogP contribution >= 0.6 is 0 Å². The summed E-state index contributed by atoms with van der Waals surface area (Å²) < 4.78 is 0. The zero-order valence-electron chi connectivity index (χ0n) is 15.1. The minimum atomic E-state index is -0.946. The van der Waals surface area contributed by atoms with E-state index in [1.54, 1.807) is 61.0 Å². The second-order valence-electron chi connectivity index (χ2n) is 6.25. The van der Waals surface area contributed by atoms with Crippen molar-refractivity contribution in [2.75, 3.05) is 26.2 Å². The summed E-state index contributed by atoms with van der Waals surface area (Å²) in [4.78, 5) is 21.7. The topological polar surface area (TPSA) is 106 Å².